The van der Waals surface area contributed by atoms with Crippen LogP contribution in [0.5, 0.6) is 0 Å². The monoisotopic (exact) mass is 253 g/mol. The van der Waals surface area contributed by atoms with E-state index in [1.165, 1.54) is 0 Å². The first-order valence-electron chi connectivity index (χ1n) is 5.42. The van der Waals surface area contributed by atoms with Gasteiger partial charge in [-0.1, -0.05) is 12.1 Å². The summed E-state index contributed by atoms with van der Waals surface area (Å²) in [6.07, 6.45) is 3.35. The number of thiazole rings is 1. The van der Waals surface area contributed by atoms with E-state index in [1.54, 1.807) is 23.9 Å². The van der Waals surface area contributed by atoms with Crippen molar-refractivity contribution in [2.24, 2.45) is 0 Å². The third-order valence-electron chi connectivity index (χ3n) is 2.66. The minimum absolute atomic E-state index is 0.621. The number of aromatic nitrogens is 5. The number of rotatable bonds is 1. The maximum absolute atomic E-state index is 4.53. The summed E-state index contributed by atoms with van der Waals surface area (Å²) in [6, 6.07) is 8.01. The quantitative estimate of drug-likeness (QED) is 0.566. The minimum atomic E-state index is 0.621. The molecule has 6 heteroatoms. The Kier molecular flexibility index (Phi) is 1.92. The average Bonchev–Trinajstić information content (AvgIpc) is 3.04. The molecule has 0 fully saturated rings. The first kappa shape index (κ1) is 9.67. The van der Waals surface area contributed by atoms with Gasteiger partial charge in [0.1, 0.15) is 5.52 Å². The van der Waals surface area contributed by atoms with Gasteiger partial charge in [0.2, 0.25) is 0 Å². The van der Waals surface area contributed by atoms with Gasteiger partial charge in [-0.2, -0.15) is 0 Å². The van der Waals surface area contributed by atoms with Crippen LogP contribution in [0.1, 0.15) is 0 Å². The van der Waals surface area contributed by atoms with E-state index in [-0.39, 0.29) is 0 Å². The Labute approximate surface area is 106 Å². The van der Waals surface area contributed by atoms with Crippen molar-refractivity contribution in [3.8, 4) is 10.8 Å². The lowest BCUT2D eigenvalue weighted by atomic mass is 10.3. The van der Waals surface area contributed by atoms with Gasteiger partial charge in [-0.3, -0.25) is 0 Å². The molecule has 86 valence electrons. The zero-order valence-electron chi connectivity index (χ0n) is 9.16. The normalized spacial score (nSPS) is 11.3. The Morgan fingerprint density at radius 3 is 2.94 bits per heavy atom. The highest BCUT2D eigenvalue weighted by atomic mass is 32.1. The molecule has 3 heterocycles. The summed E-state index contributed by atoms with van der Waals surface area (Å²) in [4.78, 5) is 20.3. The van der Waals surface area contributed by atoms with E-state index in [0.29, 0.717) is 11.5 Å². The number of para-hydroxylation sites is 1. The fourth-order valence-electron chi connectivity index (χ4n) is 1.81. The van der Waals surface area contributed by atoms with Crippen LogP contribution >= 0.6 is 11.3 Å². The summed E-state index contributed by atoms with van der Waals surface area (Å²) in [7, 11) is 0. The molecule has 0 saturated carbocycles. The van der Waals surface area contributed by atoms with Crippen LogP contribution in [0.4, 0.5) is 0 Å². The van der Waals surface area contributed by atoms with Crippen LogP contribution in [-0.2, 0) is 0 Å². The van der Waals surface area contributed by atoms with E-state index >= 15 is 0 Å². The molecular formula is C12H7N5S. The maximum atomic E-state index is 4.53. The molecule has 4 rings (SSSR count). The van der Waals surface area contributed by atoms with Gasteiger partial charge in [-0.15, -0.1) is 11.3 Å². The van der Waals surface area contributed by atoms with E-state index in [1.807, 2.05) is 24.3 Å². The molecule has 5 nitrogen and oxygen atoms in total. The van der Waals surface area contributed by atoms with Gasteiger partial charge in [-0.25, -0.2) is 19.9 Å². The topological polar surface area (TPSA) is 67.3 Å². The van der Waals surface area contributed by atoms with Crippen molar-refractivity contribution >= 4 is 32.7 Å². The van der Waals surface area contributed by atoms with Gasteiger partial charge in [0, 0.05) is 0 Å². The van der Waals surface area contributed by atoms with Gasteiger partial charge in [0.05, 0.1) is 22.7 Å². The highest BCUT2D eigenvalue weighted by Crippen LogP contribution is 2.27. The summed E-state index contributed by atoms with van der Waals surface area (Å²) in [5.74, 6) is 0.621. The second-order valence-electron chi connectivity index (χ2n) is 3.82. The molecular weight excluding hydrogens is 246 g/mol. The number of imidazole rings is 1. The number of fused-ring (bicyclic) bond motifs is 2. The summed E-state index contributed by atoms with van der Waals surface area (Å²) in [5, 5.41) is 0.820. The first-order chi connectivity index (χ1) is 8.90. The van der Waals surface area contributed by atoms with Crippen LogP contribution in [0.3, 0.4) is 0 Å². The first-order valence-corrected chi connectivity index (χ1v) is 6.24. The Morgan fingerprint density at radius 1 is 1.06 bits per heavy atom. The Morgan fingerprint density at radius 2 is 2.00 bits per heavy atom. The van der Waals surface area contributed by atoms with Crippen molar-refractivity contribution in [2.45, 2.75) is 0 Å². The number of aromatic amines is 1. The number of H-pyrrole nitrogens is 1. The lowest BCUT2D eigenvalue weighted by Gasteiger charge is -1.93. The Hall–Kier alpha value is -2.34. The molecule has 0 saturated heterocycles. The van der Waals surface area contributed by atoms with Gasteiger partial charge in [0.15, 0.2) is 16.5 Å². The van der Waals surface area contributed by atoms with Crippen molar-refractivity contribution in [3.05, 3.63) is 36.8 Å². The fraction of sp³-hybridized carbons (Fsp3) is 0. The highest BCUT2D eigenvalue weighted by Gasteiger charge is 2.09. The summed E-state index contributed by atoms with van der Waals surface area (Å²) in [6.45, 7) is 0. The zero-order chi connectivity index (χ0) is 11.9. The third kappa shape index (κ3) is 1.39. The van der Waals surface area contributed by atoms with Crippen LogP contribution < -0.4 is 0 Å². The molecule has 0 aliphatic rings. The molecule has 0 unspecified atom stereocenters. The van der Waals surface area contributed by atoms with Crippen molar-refractivity contribution < 1.29 is 0 Å². The standard InChI is InChI=1S/C12H7N5S/c1-2-4-9-7(3-1)16-12(18-9)11-13-5-8-10(17-11)15-6-14-8/h1-6H,(H,13,14,15,17). The second kappa shape index (κ2) is 3.58. The Bertz CT molecular complexity index is 815. The molecule has 0 amide bonds. The Balaban J connectivity index is 1.94. The molecule has 18 heavy (non-hydrogen) atoms. The van der Waals surface area contributed by atoms with Crippen molar-refractivity contribution in [2.75, 3.05) is 0 Å². The number of benzene rings is 1. The van der Waals surface area contributed by atoms with Crippen LogP contribution in [0, 0.1) is 0 Å². The van der Waals surface area contributed by atoms with Crippen LogP contribution in [-0.4, -0.2) is 24.9 Å². The molecule has 0 aliphatic heterocycles. The molecule has 0 aliphatic carbocycles. The van der Waals surface area contributed by atoms with E-state index < -0.39 is 0 Å². The van der Waals surface area contributed by atoms with Crippen LogP contribution in [0.2, 0.25) is 0 Å². The molecule has 3 aromatic heterocycles. The smallest absolute Gasteiger partial charge is 0.190 e. The predicted molar refractivity (Wildman–Crippen MR) is 70.3 cm³/mol. The SMILES string of the molecule is c1ccc2sc(-c3ncc4[nH]cnc4n3)nc2c1. The minimum Gasteiger partial charge on any atom is -0.342 e. The maximum Gasteiger partial charge on any atom is 0.190 e. The van der Waals surface area contributed by atoms with Crippen molar-refractivity contribution in [1.82, 2.24) is 24.9 Å². The third-order valence-corrected chi connectivity index (χ3v) is 3.69. The van der Waals surface area contributed by atoms with Gasteiger partial charge >= 0.3 is 0 Å². The summed E-state index contributed by atoms with van der Waals surface area (Å²) in [5.41, 5.74) is 2.47. The average molecular weight is 253 g/mol. The van der Waals surface area contributed by atoms with Crippen molar-refractivity contribution in [3.63, 3.8) is 0 Å². The number of nitrogens with zero attached hydrogens (tertiary/aromatic N) is 4. The molecule has 0 spiro atoms. The zero-order valence-corrected chi connectivity index (χ0v) is 9.98. The highest BCUT2D eigenvalue weighted by molar-refractivity contribution is 7.21. The van der Waals surface area contributed by atoms with Crippen LogP contribution in [0.25, 0.3) is 32.2 Å². The van der Waals surface area contributed by atoms with Gasteiger partial charge < -0.3 is 4.98 Å². The van der Waals surface area contributed by atoms with Gasteiger partial charge in [-0.05, 0) is 12.1 Å². The largest absolute Gasteiger partial charge is 0.342 e. The number of hydrogen-bond donors (Lipinski definition) is 1. The summed E-state index contributed by atoms with van der Waals surface area (Å²) >= 11 is 1.59. The van der Waals surface area contributed by atoms with E-state index in [9.17, 15) is 0 Å². The number of nitrogens with one attached hydrogen (secondary N) is 1. The molecule has 0 radical (unpaired) electrons. The molecule has 0 atom stereocenters. The molecule has 0 bridgehead atoms. The lowest BCUT2D eigenvalue weighted by Crippen LogP contribution is -1.88. The summed E-state index contributed by atoms with van der Waals surface area (Å²) < 4.78 is 1.14. The van der Waals surface area contributed by atoms with Gasteiger partial charge in [0.25, 0.3) is 0 Å². The fourth-order valence-corrected chi connectivity index (χ4v) is 2.71. The molecule has 1 N–H and O–H groups in total. The lowest BCUT2D eigenvalue weighted by molar-refractivity contribution is 1.19. The van der Waals surface area contributed by atoms with Crippen molar-refractivity contribution in [1.29, 1.82) is 0 Å². The van der Waals surface area contributed by atoms with E-state index in [4.69, 9.17) is 0 Å². The predicted octanol–water partition coefficient (Wildman–Crippen LogP) is 2.63. The molecule has 1 aromatic carbocycles. The van der Waals surface area contributed by atoms with Crippen LogP contribution in [0.15, 0.2) is 36.8 Å². The number of hydrogen-bond acceptors (Lipinski definition) is 5. The molecule has 4 aromatic rings. The van der Waals surface area contributed by atoms with E-state index in [2.05, 4.69) is 24.9 Å². The second-order valence-corrected chi connectivity index (χ2v) is 4.85. The van der Waals surface area contributed by atoms with E-state index in [0.717, 1.165) is 20.7 Å².